The van der Waals surface area contributed by atoms with Crippen molar-refractivity contribution in [3.63, 3.8) is 0 Å². The summed E-state index contributed by atoms with van der Waals surface area (Å²) in [6.07, 6.45) is 1.17. The highest BCUT2D eigenvalue weighted by Gasteiger charge is 2.61. The molecule has 5 nitrogen and oxygen atoms in total. The van der Waals surface area contributed by atoms with Crippen LogP contribution in [0.4, 0.5) is 13.9 Å². The highest BCUT2D eigenvalue weighted by atomic mass is 32.1. The minimum Gasteiger partial charge on any atom is -0.383 e. The van der Waals surface area contributed by atoms with Gasteiger partial charge < -0.3 is 5.11 Å². The van der Waals surface area contributed by atoms with Crippen molar-refractivity contribution in [2.45, 2.75) is 50.7 Å². The summed E-state index contributed by atoms with van der Waals surface area (Å²) in [5.74, 6) is -5.25. The number of aromatic nitrogens is 1. The molecule has 22 heavy (non-hydrogen) atoms. The van der Waals surface area contributed by atoms with Crippen molar-refractivity contribution in [1.29, 1.82) is 0 Å². The highest BCUT2D eigenvalue weighted by Crippen LogP contribution is 2.44. The molecule has 8 heteroatoms. The Hall–Kier alpha value is -1.12. The zero-order valence-corrected chi connectivity index (χ0v) is 13.2. The zero-order valence-electron chi connectivity index (χ0n) is 12.4. The van der Waals surface area contributed by atoms with Gasteiger partial charge in [-0.05, 0) is 25.8 Å². The van der Waals surface area contributed by atoms with Gasteiger partial charge in [-0.3, -0.25) is 15.0 Å². The zero-order chi connectivity index (χ0) is 16.0. The van der Waals surface area contributed by atoms with Crippen LogP contribution < -0.4 is 5.32 Å². The van der Waals surface area contributed by atoms with E-state index in [2.05, 4.69) is 22.1 Å². The van der Waals surface area contributed by atoms with Crippen LogP contribution in [-0.2, 0) is 17.8 Å². The van der Waals surface area contributed by atoms with Crippen molar-refractivity contribution in [1.82, 2.24) is 9.88 Å². The van der Waals surface area contributed by atoms with Crippen LogP contribution in [0.1, 0.15) is 36.8 Å². The molecule has 1 saturated carbocycles. The van der Waals surface area contributed by atoms with Crippen LogP contribution in [0.5, 0.6) is 0 Å². The number of hydrogen-bond donors (Lipinski definition) is 2. The molecule has 0 unspecified atom stereocenters. The number of alkyl halides is 2. The lowest BCUT2D eigenvalue weighted by Crippen LogP contribution is -2.59. The Labute approximate surface area is 131 Å². The number of halogens is 2. The molecule has 2 N–H and O–H groups in total. The van der Waals surface area contributed by atoms with Crippen molar-refractivity contribution in [3.8, 4) is 0 Å². The molecular formula is C14H19F2N3O2S. The van der Waals surface area contributed by atoms with Gasteiger partial charge in [0.1, 0.15) is 5.60 Å². The molecule has 1 aromatic heterocycles. The lowest BCUT2D eigenvalue weighted by Gasteiger charge is -2.41. The Balaban J connectivity index is 1.71. The number of hydrogen-bond acceptors (Lipinski definition) is 5. The van der Waals surface area contributed by atoms with E-state index in [1.54, 1.807) is 0 Å². The maximum Gasteiger partial charge on any atom is 0.352 e. The summed E-state index contributed by atoms with van der Waals surface area (Å²) in [6, 6.07) is 0. The largest absolute Gasteiger partial charge is 0.383 e. The average Bonchev–Trinajstić information content (AvgIpc) is 2.85. The van der Waals surface area contributed by atoms with Gasteiger partial charge in [0, 0.05) is 24.4 Å². The topological polar surface area (TPSA) is 65.5 Å². The van der Waals surface area contributed by atoms with E-state index in [0.29, 0.717) is 6.42 Å². The smallest absolute Gasteiger partial charge is 0.352 e. The van der Waals surface area contributed by atoms with Crippen molar-refractivity contribution in [3.05, 3.63) is 10.6 Å². The summed E-state index contributed by atoms with van der Waals surface area (Å²) in [5, 5.41) is 12.2. The number of thiazole rings is 1. The second kappa shape index (κ2) is 5.50. The van der Waals surface area contributed by atoms with Gasteiger partial charge in [0.25, 0.3) is 5.91 Å². The first kappa shape index (κ1) is 15.8. The summed E-state index contributed by atoms with van der Waals surface area (Å²) in [4.78, 5) is 19.3. The summed E-state index contributed by atoms with van der Waals surface area (Å²) in [7, 11) is 0. The quantitative estimate of drug-likeness (QED) is 0.886. The molecule has 2 aliphatic rings. The Morgan fingerprint density at radius 3 is 2.86 bits per heavy atom. The van der Waals surface area contributed by atoms with Gasteiger partial charge in [-0.1, -0.05) is 6.92 Å². The van der Waals surface area contributed by atoms with Crippen LogP contribution in [0, 0.1) is 0 Å². The van der Waals surface area contributed by atoms with Crippen molar-refractivity contribution < 1.29 is 18.7 Å². The predicted molar refractivity (Wildman–Crippen MR) is 79.1 cm³/mol. The Bertz CT molecular complexity index is 587. The van der Waals surface area contributed by atoms with E-state index in [1.807, 2.05) is 0 Å². The van der Waals surface area contributed by atoms with Gasteiger partial charge in [-0.15, -0.1) is 11.3 Å². The fourth-order valence-electron chi connectivity index (χ4n) is 2.78. The molecule has 2 heterocycles. The number of aliphatic hydroxyl groups is 1. The number of anilines is 1. The summed E-state index contributed by atoms with van der Waals surface area (Å²) in [5.41, 5.74) is -1.33. The van der Waals surface area contributed by atoms with E-state index in [9.17, 15) is 18.7 Å². The molecule has 1 aliphatic carbocycles. The van der Waals surface area contributed by atoms with Crippen molar-refractivity contribution >= 4 is 22.4 Å². The first-order valence-corrected chi connectivity index (χ1v) is 8.30. The molecule has 0 radical (unpaired) electrons. The van der Waals surface area contributed by atoms with Gasteiger partial charge in [0.05, 0.1) is 5.69 Å². The molecule has 1 aromatic rings. The van der Waals surface area contributed by atoms with Crippen LogP contribution >= 0.6 is 11.3 Å². The number of fused-ring (bicyclic) bond motifs is 1. The summed E-state index contributed by atoms with van der Waals surface area (Å²) < 4.78 is 28.1. The third-order valence-corrected chi connectivity index (χ3v) is 5.53. The molecule has 122 valence electrons. The standard InChI is InChI=1S/C14H19F2N3O2S/c1-2-19-7-4-9-10(8-19)22-12(17-9)18-11(20)14(15,16)13(21)5-3-6-13/h21H,2-8H2,1H3,(H,17,18,20). The number of nitrogens with one attached hydrogen (secondary N) is 1. The summed E-state index contributed by atoms with van der Waals surface area (Å²) in [6.45, 7) is 4.61. The molecule has 1 aliphatic heterocycles. The van der Waals surface area contributed by atoms with Crippen LogP contribution in [0.2, 0.25) is 0 Å². The van der Waals surface area contributed by atoms with Crippen molar-refractivity contribution in [2.24, 2.45) is 0 Å². The maximum atomic E-state index is 14.0. The highest BCUT2D eigenvalue weighted by molar-refractivity contribution is 7.15. The minimum absolute atomic E-state index is 0.0484. The fraction of sp³-hybridized carbons (Fsp3) is 0.714. The van der Waals surface area contributed by atoms with E-state index >= 15 is 0 Å². The van der Waals surface area contributed by atoms with Crippen LogP contribution in [-0.4, -0.2) is 45.5 Å². The monoisotopic (exact) mass is 331 g/mol. The second-order valence-electron chi connectivity index (χ2n) is 5.92. The molecule has 1 amide bonds. The number of likely N-dealkylation sites (N-methyl/N-ethyl adjacent to an activating group) is 1. The lowest BCUT2D eigenvalue weighted by atomic mass is 9.75. The molecule has 3 rings (SSSR count). The Morgan fingerprint density at radius 2 is 2.27 bits per heavy atom. The van der Waals surface area contributed by atoms with Gasteiger partial charge >= 0.3 is 5.92 Å². The van der Waals surface area contributed by atoms with E-state index in [4.69, 9.17) is 0 Å². The van der Waals surface area contributed by atoms with Gasteiger partial charge in [-0.25, -0.2) is 4.98 Å². The van der Waals surface area contributed by atoms with Crippen LogP contribution in [0.25, 0.3) is 0 Å². The van der Waals surface area contributed by atoms with E-state index in [0.717, 1.165) is 36.6 Å². The number of nitrogens with zero attached hydrogens (tertiary/aromatic N) is 2. The number of carbonyl (C=O) groups excluding carboxylic acids is 1. The molecular weight excluding hydrogens is 312 g/mol. The fourth-order valence-corrected chi connectivity index (χ4v) is 3.83. The third kappa shape index (κ3) is 2.53. The van der Waals surface area contributed by atoms with E-state index < -0.39 is 17.4 Å². The second-order valence-corrected chi connectivity index (χ2v) is 7.00. The lowest BCUT2D eigenvalue weighted by molar-refractivity contribution is -0.212. The number of carbonyl (C=O) groups is 1. The SMILES string of the molecule is CCN1CCc2nc(NC(=O)C(F)(F)C3(O)CCC3)sc2C1. The summed E-state index contributed by atoms with van der Waals surface area (Å²) >= 11 is 1.24. The Morgan fingerprint density at radius 1 is 1.55 bits per heavy atom. The first-order chi connectivity index (χ1) is 10.4. The molecule has 1 fully saturated rings. The first-order valence-electron chi connectivity index (χ1n) is 7.48. The van der Waals surface area contributed by atoms with E-state index in [-0.39, 0.29) is 18.0 Å². The molecule has 0 saturated heterocycles. The molecule has 0 spiro atoms. The van der Waals surface area contributed by atoms with Gasteiger partial charge in [0.15, 0.2) is 5.13 Å². The van der Waals surface area contributed by atoms with Gasteiger partial charge in [-0.2, -0.15) is 8.78 Å². The molecule has 0 atom stereocenters. The van der Waals surface area contributed by atoms with Crippen LogP contribution in [0.3, 0.4) is 0 Å². The predicted octanol–water partition coefficient (Wildman–Crippen LogP) is 2.01. The average molecular weight is 331 g/mol. The number of rotatable bonds is 4. The minimum atomic E-state index is -3.78. The molecule has 0 bridgehead atoms. The Kier molecular flexibility index (Phi) is 3.94. The van der Waals surface area contributed by atoms with E-state index in [1.165, 1.54) is 11.3 Å². The van der Waals surface area contributed by atoms with Crippen molar-refractivity contribution in [2.75, 3.05) is 18.4 Å². The number of amides is 1. The van der Waals surface area contributed by atoms with Gasteiger partial charge in [0.2, 0.25) is 0 Å². The molecule has 0 aromatic carbocycles. The maximum absolute atomic E-state index is 14.0. The normalized spacial score (nSPS) is 21.1. The van der Waals surface area contributed by atoms with Crippen LogP contribution in [0.15, 0.2) is 0 Å². The third-order valence-electron chi connectivity index (χ3n) is 4.53.